The van der Waals surface area contributed by atoms with Crippen LogP contribution in [0.25, 0.3) is 0 Å². The van der Waals surface area contributed by atoms with Crippen LogP contribution in [0.2, 0.25) is 0 Å². The number of nitrogens with one attached hydrogen (secondary N) is 1. The second kappa shape index (κ2) is 11.7. The maximum atomic E-state index is 13.2. The van der Waals surface area contributed by atoms with Crippen molar-refractivity contribution in [1.29, 1.82) is 0 Å². The van der Waals surface area contributed by atoms with Crippen molar-refractivity contribution in [1.82, 2.24) is 10.2 Å². The summed E-state index contributed by atoms with van der Waals surface area (Å²) in [7, 11) is 1.77. The lowest BCUT2D eigenvalue weighted by atomic mass is 10.0. The molecule has 33 heavy (non-hydrogen) atoms. The van der Waals surface area contributed by atoms with Gasteiger partial charge in [0.25, 0.3) is 5.91 Å². The van der Waals surface area contributed by atoms with Crippen LogP contribution >= 0.6 is 0 Å². The summed E-state index contributed by atoms with van der Waals surface area (Å²) in [5, 5.41) is 2.91. The number of carbonyl (C=O) groups is 2. The zero-order valence-corrected chi connectivity index (χ0v) is 20.0. The van der Waals surface area contributed by atoms with E-state index in [1.165, 1.54) is 5.69 Å². The predicted molar refractivity (Wildman–Crippen MR) is 130 cm³/mol. The molecule has 1 atom stereocenters. The minimum absolute atomic E-state index is 0.0460. The van der Waals surface area contributed by atoms with E-state index >= 15 is 0 Å². The Balaban J connectivity index is 1.60. The van der Waals surface area contributed by atoms with Crippen molar-refractivity contribution in [2.45, 2.75) is 33.4 Å². The van der Waals surface area contributed by atoms with Crippen molar-refractivity contribution in [3.05, 3.63) is 59.7 Å². The van der Waals surface area contributed by atoms with Crippen LogP contribution in [0, 0.1) is 5.92 Å². The van der Waals surface area contributed by atoms with E-state index in [1.54, 1.807) is 36.2 Å². The fraction of sp³-hybridized carbons (Fsp3) is 0.462. The molecule has 1 aliphatic rings. The molecule has 1 heterocycles. The summed E-state index contributed by atoms with van der Waals surface area (Å²) in [5.74, 6) is 0.287. The molecule has 0 aliphatic carbocycles. The molecule has 1 aliphatic heterocycles. The SMILES string of the molecule is CCOc1ccc(C(=O)N[C@H](C(=O)N(C)Cc2ccc(N3CCOCC3)cc2)C(C)C)cc1. The van der Waals surface area contributed by atoms with Crippen molar-refractivity contribution in [2.24, 2.45) is 5.92 Å². The topological polar surface area (TPSA) is 71.1 Å². The molecule has 0 radical (unpaired) electrons. The maximum absolute atomic E-state index is 13.2. The van der Waals surface area contributed by atoms with Gasteiger partial charge < -0.3 is 24.6 Å². The van der Waals surface area contributed by atoms with Crippen LogP contribution in [0.15, 0.2) is 48.5 Å². The molecule has 3 rings (SSSR count). The number of anilines is 1. The van der Waals surface area contributed by atoms with Crippen LogP contribution in [0.3, 0.4) is 0 Å². The average Bonchev–Trinajstić information content (AvgIpc) is 2.83. The summed E-state index contributed by atoms with van der Waals surface area (Å²) in [6.07, 6.45) is 0. The van der Waals surface area contributed by atoms with Gasteiger partial charge in [-0.1, -0.05) is 26.0 Å². The second-order valence-corrected chi connectivity index (χ2v) is 8.61. The molecule has 7 nitrogen and oxygen atoms in total. The van der Waals surface area contributed by atoms with Gasteiger partial charge in [-0.15, -0.1) is 0 Å². The standard InChI is InChI=1S/C26H35N3O4/c1-5-33-23-12-8-21(9-13-23)25(30)27-24(19(2)3)26(31)28(4)18-20-6-10-22(11-7-20)29-14-16-32-17-15-29/h6-13,19,24H,5,14-18H2,1-4H3,(H,27,30)/t24-/m0/s1. The number of likely N-dealkylation sites (N-methyl/N-ethyl adjacent to an activating group) is 1. The molecule has 0 saturated carbocycles. The minimum atomic E-state index is -0.610. The van der Waals surface area contributed by atoms with Crippen molar-refractivity contribution in [3.63, 3.8) is 0 Å². The van der Waals surface area contributed by atoms with E-state index in [-0.39, 0.29) is 17.7 Å². The number of morpholine rings is 1. The summed E-state index contributed by atoms with van der Waals surface area (Å²) in [4.78, 5) is 29.9. The first kappa shape index (κ1) is 24.6. The largest absolute Gasteiger partial charge is 0.494 e. The van der Waals surface area contributed by atoms with Crippen molar-refractivity contribution < 1.29 is 19.1 Å². The zero-order chi connectivity index (χ0) is 23.8. The second-order valence-electron chi connectivity index (χ2n) is 8.61. The summed E-state index contributed by atoms with van der Waals surface area (Å²) in [6.45, 7) is 10.1. The molecule has 1 saturated heterocycles. The van der Waals surface area contributed by atoms with E-state index in [0.717, 1.165) is 31.9 Å². The molecule has 2 aromatic rings. The van der Waals surface area contributed by atoms with Gasteiger partial charge in [-0.25, -0.2) is 0 Å². The Hall–Kier alpha value is -3.06. The normalized spacial score (nSPS) is 14.6. The fourth-order valence-corrected chi connectivity index (χ4v) is 3.83. The minimum Gasteiger partial charge on any atom is -0.494 e. The van der Waals surface area contributed by atoms with Gasteiger partial charge in [-0.05, 0) is 54.8 Å². The molecule has 0 spiro atoms. The average molecular weight is 454 g/mol. The summed E-state index contributed by atoms with van der Waals surface area (Å²) >= 11 is 0. The number of rotatable bonds is 9. The first-order valence-corrected chi connectivity index (χ1v) is 11.6. The lowest BCUT2D eigenvalue weighted by Gasteiger charge is -2.29. The Morgan fingerprint density at radius 2 is 1.70 bits per heavy atom. The zero-order valence-electron chi connectivity index (χ0n) is 20.0. The molecule has 0 unspecified atom stereocenters. The van der Waals surface area contributed by atoms with Crippen LogP contribution in [0.1, 0.15) is 36.7 Å². The number of benzene rings is 2. The lowest BCUT2D eigenvalue weighted by molar-refractivity contribution is -0.133. The number of hydrogen-bond donors (Lipinski definition) is 1. The van der Waals surface area contributed by atoms with Gasteiger partial charge >= 0.3 is 0 Å². The lowest BCUT2D eigenvalue weighted by Crippen LogP contribution is -2.50. The smallest absolute Gasteiger partial charge is 0.251 e. The van der Waals surface area contributed by atoms with Crippen molar-refractivity contribution in [2.75, 3.05) is 44.9 Å². The van der Waals surface area contributed by atoms with Gasteiger partial charge in [-0.2, -0.15) is 0 Å². The Labute approximate surface area is 196 Å². The highest BCUT2D eigenvalue weighted by Gasteiger charge is 2.27. The Kier molecular flexibility index (Phi) is 8.72. The number of amides is 2. The highest BCUT2D eigenvalue weighted by Crippen LogP contribution is 2.18. The van der Waals surface area contributed by atoms with Crippen LogP contribution in [0.5, 0.6) is 5.75 Å². The third-order valence-electron chi connectivity index (χ3n) is 5.76. The highest BCUT2D eigenvalue weighted by molar-refractivity contribution is 5.97. The number of ether oxygens (including phenoxy) is 2. The molecule has 2 aromatic carbocycles. The predicted octanol–water partition coefficient (Wildman–Crippen LogP) is 3.33. The first-order chi connectivity index (χ1) is 15.9. The summed E-state index contributed by atoms with van der Waals surface area (Å²) in [6, 6.07) is 14.6. The van der Waals surface area contributed by atoms with E-state index in [9.17, 15) is 9.59 Å². The van der Waals surface area contributed by atoms with Gasteiger partial charge in [0, 0.05) is 37.9 Å². The third kappa shape index (κ3) is 6.71. The molecular weight excluding hydrogens is 418 g/mol. The van der Waals surface area contributed by atoms with E-state index in [0.29, 0.717) is 24.5 Å². The molecule has 2 amide bonds. The summed E-state index contributed by atoms with van der Waals surface area (Å²) in [5.41, 5.74) is 2.71. The number of nitrogens with zero attached hydrogens (tertiary/aromatic N) is 2. The van der Waals surface area contributed by atoms with Crippen molar-refractivity contribution >= 4 is 17.5 Å². The van der Waals surface area contributed by atoms with Gasteiger partial charge in [-0.3, -0.25) is 9.59 Å². The molecule has 1 fully saturated rings. The Morgan fingerprint density at radius 3 is 2.27 bits per heavy atom. The molecule has 178 valence electrons. The van der Waals surface area contributed by atoms with E-state index in [1.807, 2.05) is 20.8 Å². The van der Waals surface area contributed by atoms with Crippen LogP contribution in [0.4, 0.5) is 5.69 Å². The first-order valence-electron chi connectivity index (χ1n) is 11.6. The number of carbonyl (C=O) groups excluding carboxylic acids is 2. The molecule has 1 N–H and O–H groups in total. The molecule has 0 aromatic heterocycles. The summed E-state index contributed by atoms with van der Waals surface area (Å²) < 4.78 is 10.8. The molecular formula is C26H35N3O4. The highest BCUT2D eigenvalue weighted by atomic mass is 16.5. The van der Waals surface area contributed by atoms with Crippen LogP contribution < -0.4 is 15.0 Å². The van der Waals surface area contributed by atoms with E-state index < -0.39 is 6.04 Å². The van der Waals surface area contributed by atoms with Crippen LogP contribution in [-0.4, -0.2) is 62.7 Å². The molecule has 0 bridgehead atoms. The Morgan fingerprint density at radius 1 is 1.06 bits per heavy atom. The number of hydrogen-bond acceptors (Lipinski definition) is 5. The fourth-order valence-electron chi connectivity index (χ4n) is 3.83. The van der Waals surface area contributed by atoms with Gasteiger partial charge in [0.2, 0.25) is 5.91 Å². The monoisotopic (exact) mass is 453 g/mol. The van der Waals surface area contributed by atoms with Crippen LogP contribution in [-0.2, 0) is 16.1 Å². The third-order valence-corrected chi connectivity index (χ3v) is 5.76. The quantitative estimate of drug-likeness (QED) is 0.631. The Bertz CT molecular complexity index is 906. The van der Waals surface area contributed by atoms with E-state index in [2.05, 4.69) is 34.5 Å². The molecule has 7 heteroatoms. The maximum Gasteiger partial charge on any atom is 0.251 e. The van der Waals surface area contributed by atoms with Crippen molar-refractivity contribution in [3.8, 4) is 5.75 Å². The van der Waals surface area contributed by atoms with Gasteiger partial charge in [0.05, 0.1) is 19.8 Å². The van der Waals surface area contributed by atoms with Gasteiger partial charge in [0.15, 0.2) is 0 Å². The van der Waals surface area contributed by atoms with E-state index in [4.69, 9.17) is 9.47 Å². The van der Waals surface area contributed by atoms with Gasteiger partial charge in [0.1, 0.15) is 11.8 Å².